The molecule has 0 saturated heterocycles. The molecule has 2 aromatic carbocycles. The van der Waals surface area contributed by atoms with Crippen molar-refractivity contribution in [2.75, 3.05) is 5.73 Å². The van der Waals surface area contributed by atoms with E-state index in [1.165, 1.54) is 0 Å². The number of phenolic OH excluding ortho intramolecular Hbond substituents is 1. The summed E-state index contributed by atoms with van der Waals surface area (Å²) < 4.78 is 0. The van der Waals surface area contributed by atoms with Gasteiger partial charge in [0.25, 0.3) is 0 Å². The molecule has 4 heteroatoms. The highest BCUT2D eigenvalue weighted by atomic mass is 16.3. The van der Waals surface area contributed by atoms with Crippen LogP contribution >= 0.6 is 0 Å². The highest BCUT2D eigenvalue weighted by Gasteiger charge is 2.28. The number of nitrogens with zero attached hydrogens (tertiary/aromatic N) is 2. The molecule has 2 aromatic rings. The molecule has 0 aliphatic rings. The normalized spacial score (nSPS) is 12.7. The Morgan fingerprint density at radius 1 is 0.962 bits per heavy atom. The predicted molar refractivity (Wildman–Crippen MR) is 110 cm³/mol. The zero-order valence-corrected chi connectivity index (χ0v) is 16.8. The smallest absolute Gasteiger partial charge is 0.146 e. The van der Waals surface area contributed by atoms with Gasteiger partial charge in [-0.2, -0.15) is 0 Å². The van der Waals surface area contributed by atoms with E-state index in [1.54, 1.807) is 6.07 Å². The van der Waals surface area contributed by atoms with Gasteiger partial charge in [0, 0.05) is 0 Å². The van der Waals surface area contributed by atoms with Gasteiger partial charge in [-0.15, -0.1) is 10.2 Å². The summed E-state index contributed by atoms with van der Waals surface area (Å²) in [5.41, 5.74) is 9.81. The maximum atomic E-state index is 10.6. The van der Waals surface area contributed by atoms with Gasteiger partial charge >= 0.3 is 0 Å². The Morgan fingerprint density at radius 3 is 2.15 bits per heavy atom. The maximum absolute atomic E-state index is 10.6. The number of anilines is 1. The lowest BCUT2D eigenvalue weighted by Gasteiger charge is -2.33. The van der Waals surface area contributed by atoms with Gasteiger partial charge in [-0.25, -0.2) is 0 Å². The van der Waals surface area contributed by atoms with Crippen molar-refractivity contribution in [3.63, 3.8) is 0 Å². The Bertz CT molecular complexity index is 802. The minimum atomic E-state index is -0.0358. The van der Waals surface area contributed by atoms with Gasteiger partial charge in [-0.1, -0.05) is 59.7 Å². The van der Waals surface area contributed by atoms with E-state index in [-0.39, 0.29) is 16.6 Å². The molecule has 0 unspecified atom stereocenters. The van der Waals surface area contributed by atoms with Crippen molar-refractivity contribution >= 4 is 17.1 Å². The molecule has 0 fully saturated rings. The van der Waals surface area contributed by atoms with E-state index in [1.807, 2.05) is 31.2 Å². The van der Waals surface area contributed by atoms with Gasteiger partial charge in [-0.3, -0.25) is 0 Å². The van der Waals surface area contributed by atoms with Gasteiger partial charge in [0.05, 0.1) is 5.69 Å². The molecule has 0 amide bonds. The predicted octanol–water partition coefficient (Wildman–Crippen LogP) is 6.67. The third-order valence-corrected chi connectivity index (χ3v) is 4.51. The van der Waals surface area contributed by atoms with Crippen molar-refractivity contribution in [2.45, 2.75) is 59.8 Å². The molecule has 3 N–H and O–H groups in total. The lowest BCUT2D eigenvalue weighted by Crippen LogP contribution is -2.25. The molecule has 0 aliphatic heterocycles. The number of aromatic hydroxyl groups is 1. The summed E-state index contributed by atoms with van der Waals surface area (Å²) in [4.78, 5) is 0. The van der Waals surface area contributed by atoms with E-state index in [0.29, 0.717) is 17.1 Å². The Morgan fingerprint density at radius 2 is 1.58 bits per heavy atom. The zero-order valence-electron chi connectivity index (χ0n) is 16.8. The second kappa shape index (κ2) is 7.48. The summed E-state index contributed by atoms with van der Waals surface area (Å²) in [6, 6.07) is 11.4. The minimum absolute atomic E-state index is 0.0358. The summed E-state index contributed by atoms with van der Waals surface area (Å²) in [6.45, 7) is 13.2. The molecule has 0 heterocycles. The van der Waals surface area contributed by atoms with Gasteiger partial charge < -0.3 is 10.8 Å². The number of azo groups is 1. The topological polar surface area (TPSA) is 71.0 Å². The lowest BCUT2D eigenvalue weighted by molar-refractivity contribution is 0.284. The fraction of sp³-hybridized carbons (Fsp3) is 0.455. The van der Waals surface area contributed by atoms with E-state index in [9.17, 15) is 5.11 Å². The van der Waals surface area contributed by atoms with Gasteiger partial charge in [0.15, 0.2) is 0 Å². The van der Waals surface area contributed by atoms with Crippen LogP contribution in [0, 0.1) is 5.41 Å². The number of rotatable bonds is 5. The van der Waals surface area contributed by atoms with Crippen LogP contribution in [0.2, 0.25) is 0 Å². The summed E-state index contributed by atoms with van der Waals surface area (Å²) in [6.07, 6.45) is 1.76. The third kappa shape index (κ3) is 4.84. The fourth-order valence-electron chi connectivity index (χ4n) is 3.53. The average molecular weight is 354 g/mol. The van der Waals surface area contributed by atoms with E-state index >= 15 is 0 Å². The third-order valence-electron chi connectivity index (χ3n) is 4.51. The van der Waals surface area contributed by atoms with Crippen LogP contribution in [-0.4, -0.2) is 5.11 Å². The van der Waals surface area contributed by atoms with Crippen LogP contribution in [0.3, 0.4) is 0 Å². The van der Waals surface area contributed by atoms with Crippen molar-refractivity contribution in [2.24, 2.45) is 15.6 Å². The fourth-order valence-corrected chi connectivity index (χ4v) is 3.53. The van der Waals surface area contributed by atoms with Crippen molar-refractivity contribution in [3.05, 3.63) is 47.5 Å². The van der Waals surface area contributed by atoms with Crippen LogP contribution in [0.5, 0.6) is 5.75 Å². The van der Waals surface area contributed by atoms with E-state index in [4.69, 9.17) is 5.73 Å². The first-order valence-corrected chi connectivity index (χ1v) is 9.16. The van der Waals surface area contributed by atoms with Crippen LogP contribution in [0.1, 0.15) is 59.1 Å². The summed E-state index contributed by atoms with van der Waals surface area (Å²) in [5, 5.41) is 19.1. The summed E-state index contributed by atoms with van der Waals surface area (Å²) >= 11 is 0. The number of nitrogen functional groups attached to an aromatic ring is 1. The molecule has 0 saturated carbocycles. The van der Waals surface area contributed by atoms with Gasteiger partial charge in [0.2, 0.25) is 0 Å². The number of hydrogen-bond donors (Lipinski definition) is 2. The summed E-state index contributed by atoms with van der Waals surface area (Å²) in [5.74, 6) is 0.195. The first-order chi connectivity index (χ1) is 12.0. The van der Waals surface area contributed by atoms with E-state index in [0.717, 1.165) is 24.0 Å². The minimum Gasteiger partial charge on any atom is -0.505 e. The lowest BCUT2D eigenvalue weighted by atomic mass is 9.72. The van der Waals surface area contributed by atoms with Crippen LogP contribution in [-0.2, 0) is 11.8 Å². The van der Waals surface area contributed by atoms with Crippen molar-refractivity contribution in [1.29, 1.82) is 0 Å². The van der Waals surface area contributed by atoms with Gasteiger partial charge in [-0.05, 0) is 53.0 Å². The molecule has 0 radical (unpaired) electrons. The molecule has 140 valence electrons. The van der Waals surface area contributed by atoms with Crippen LogP contribution in [0.15, 0.2) is 46.6 Å². The van der Waals surface area contributed by atoms with Crippen molar-refractivity contribution in [3.8, 4) is 5.75 Å². The van der Waals surface area contributed by atoms with Gasteiger partial charge in [0.1, 0.15) is 17.1 Å². The monoisotopic (exact) mass is 353 g/mol. The first-order valence-electron chi connectivity index (χ1n) is 9.16. The Kier molecular flexibility index (Phi) is 5.74. The molecule has 0 aromatic heterocycles. The standard InChI is InChI=1S/C22H31N3O/c1-7-15-12-16(22(5,6)14-21(2,3)4)13-19(20(15)26)25-24-18-11-9-8-10-17(18)23/h8-13,26H,7,14,23H2,1-6H3. The number of hydrogen-bond acceptors (Lipinski definition) is 4. The average Bonchev–Trinajstić information content (AvgIpc) is 2.52. The zero-order chi connectivity index (χ0) is 19.5. The number of para-hydroxylation sites is 1. The van der Waals surface area contributed by atoms with E-state index < -0.39 is 0 Å². The SMILES string of the molecule is CCc1cc(C(C)(C)CC(C)(C)C)cc(N=Nc2ccccc2N)c1O. The molecule has 0 bridgehead atoms. The van der Waals surface area contributed by atoms with Crippen LogP contribution < -0.4 is 5.73 Å². The number of phenols is 1. The number of aryl methyl sites for hydroxylation is 1. The molecular formula is C22H31N3O. The Balaban J connectivity index is 2.48. The van der Waals surface area contributed by atoms with Crippen molar-refractivity contribution in [1.82, 2.24) is 0 Å². The van der Waals surface area contributed by atoms with Crippen LogP contribution in [0.25, 0.3) is 0 Å². The van der Waals surface area contributed by atoms with E-state index in [2.05, 4.69) is 50.9 Å². The molecule has 4 nitrogen and oxygen atoms in total. The highest BCUT2D eigenvalue weighted by Crippen LogP contribution is 2.42. The molecule has 2 rings (SSSR count). The molecule has 0 spiro atoms. The second-order valence-electron chi connectivity index (χ2n) is 8.74. The molecule has 0 aliphatic carbocycles. The Labute approximate surface area is 157 Å². The molecule has 26 heavy (non-hydrogen) atoms. The largest absolute Gasteiger partial charge is 0.505 e. The van der Waals surface area contributed by atoms with Crippen LogP contribution in [0.4, 0.5) is 17.1 Å². The van der Waals surface area contributed by atoms with Crippen molar-refractivity contribution < 1.29 is 5.11 Å². The second-order valence-corrected chi connectivity index (χ2v) is 8.74. The number of nitrogens with two attached hydrogens (primary N) is 1. The summed E-state index contributed by atoms with van der Waals surface area (Å²) in [7, 11) is 0. The highest BCUT2D eigenvalue weighted by molar-refractivity contribution is 5.63. The molecular weight excluding hydrogens is 322 g/mol. The first kappa shape index (κ1) is 20.0. The number of benzene rings is 2. The Hall–Kier alpha value is -2.36. The quantitative estimate of drug-likeness (QED) is 0.465. The molecule has 0 atom stereocenters. The maximum Gasteiger partial charge on any atom is 0.146 e.